The zero-order chi connectivity index (χ0) is 17.8. The zero-order valence-corrected chi connectivity index (χ0v) is 15.2. The largest absolute Gasteiger partial charge is 0.379 e. The summed E-state index contributed by atoms with van der Waals surface area (Å²) in [6.45, 7) is 4.01. The normalized spacial score (nSPS) is 15.4. The van der Waals surface area contributed by atoms with E-state index in [-0.39, 0.29) is 5.82 Å². The lowest BCUT2D eigenvalue weighted by molar-refractivity contribution is 0.0330. The van der Waals surface area contributed by atoms with Crippen molar-refractivity contribution < 1.29 is 9.13 Å². The molecule has 4 nitrogen and oxygen atoms in total. The minimum Gasteiger partial charge on any atom is -0.379 e. The molecule has 0 unspecified atom stereocenters. The van der Waals surface area contributed by atoms with Gasteiger partial charge in [-0.3, -0.25) is 4.90 Å². The van der Waals surface area contributed by atoms with E-state index < -0.39 is 0 Å². The first kappa shape index (κ1) is 17.4. The van der Waals surface area contributed by atoms with Gasteiger partial charge in [0, 0.05) is 24.2 Å². The highest BCUT2D eigenvalue weighted by molar-refractivity contribution is 7.98. The van der Waals surface area contributed by atoms with Crippen LogP contribution in [0.3, 0.4) is 0 Å². The van der Waals surface area contributed by atoms with Crippen molar-refractivity contribution in [1.82, 2.24) is 14.9 Å². The second kappa shape index (κ2) is 8.12. The molecule has 0 spiro atoms. The molecular formula is C20H20FN3OS. The highest BCUT2D eigenvalue weighted by Crippen LogP contribution is 2.29. The molecule has 1 aromatic heterocycles. The van der Waals surface area contributed by atoms with Gasteiger partial charge in [0.05, 0.1) is 25.3 Å². The minimum absolute atomic E-state index is 0.174. The Balaban J connectivity index is 1.60. The van der Waals surface area contributed by atoms with Crippen LogP contribution < -0.4 is 0 Å². The van der Waals surface area contributed by atoms with Crippen LogP contribution in [0.15, 0.2) is 53.6 Å². The van der Waals surface area contributed by atoms with E-state index in [4.69, 9.17) is 14.7 Å². The number of aromatic nitrogens is 2. The highest BCUT2D eigenvalue weighted by Gasteiger charge is 2.15. The second-order valence-electron chi connectivity index (χ2n) is 6.23. The van der Waals surface area contributed by atoms with Gasteiger partial charge in [0.25, 0.3) is 0 Å². The van der Waals surface area contributed by atoms with E-state index in [0.29, 0.717) is 17.9 Å². The molecule has 0 bridgehead atoms. The van der Waals surface area contributed by atoms with E-state index in [9.17, 15) is 4.39 Å². The fraction of sp³-hybridized carbons (Fsp3) is 0.300. The number of ether oxygens (including phenoxy) is 1. The van der Waals surface area contributed by atoms with Crippen LogP contribution in [-0.2, 0) is 17.0 Å². The number of morpholine rings is 1. The van der Waals surface area contributed by atoms with Crippen molar-refractivity contribution >= 4 is 22.7 Å². The average Bonchev–Trinajstić information content (AvgIpc) is 2.68. The third-order valence-electron chi connectivity index (χ3n) is 4.41. The van der Waals surface area contributed by atoms with Crippen LogP contribution in [0, 0.1) is 5.82 Å². The van der Waals surface area contributed by atoms with Gasteiger partial charge in [-0.1, -0.05) is 36.4 Å². The Morgan fingerprint density at radius 3 is 2.62 bits per heavy atom. The standard InChI is InChI=1S/C20H20FN3OS/c21-17-7-3-1-5-15(17)14-26-20-16-6-2-4-8-18(16)22-19(23-20)13-24-9-11-25-12-10-24/h1-8H,9-14H2. The molecule has 2 aromatic carbocycles. The topological polar surface area (TPSA) is 38.2 Å². The minimum atomic E-state index is -0.174. The van der Waals surface area contributed by atoms with Gasteiger partial charge in [0.2, 0.25) is 0 Å². The molecule has 0 aliphatic carbocycles. The summed E-state index contributed by atoms with van der Waals surface area (Å²) in [6, 6.07) is 14.9. The Bertz CT molecular complexity index is 899. The van der Waals surface area contributed by atoms with Crippen LogP contribution in [-0.4, -0.2) is 41.2 Å². The smallest absolute Gasteiger partial charge is 0.144 e. The fourth-order valence-electron chi connectivity index (χ4n) is 3.00. The summed E-state index contributed by atoms with van der Waals surface area (Å²) in [5.74, 6) is 1.18. The predicted octanol–water partition coefficient (Wildman–Crippen LogP) is 3.89. The van der Waals surface area contributed by atoms with Crippen molar-refractivity contribution in [3.63, 3.8) is 0 Å². The van der Waals surface area contributed by atoms with E-state index in [2.05, 4.69) is 4.90 Å². The summed E-state index contributed by atoms with van der Waals surface area (Å²) in [5, 5.41) is 1.92. The van der Waals surface area contributed by atoms with Crippen molar-refractivity contribution in [2.75, 3.05) is 26.3 Å². The van der Waals surface area contributed by atoms with Gasteiger partial charge in [-0.15, -0.1) is 11.8 Å². The molecule has 1 fully saturated rings. The molecule has 2 heterocycles. The first-order valence-electron chi connectivity index (χ1n) is 8.71. The monoisotopic (exact) mass is 369 g/mol. The molecule has 1 saturated heterocycles. The number of rotatable bonds is 5. The SMILES string of the molecule is Fc1ccccc1CSc1nc(CN2CCOCC2)nc2ccccc12. The number of benzene rings is 2. The molecular weight excluding hydrogens is 349 g/mol. The molecule has 26 heavy (non-hydrogen) atoms. The first-order valence-corrected chi connectivity index (χ1v) is 9.70. The van der Waals surface area contributed by atoms with Crippen molar-refractivity contribution in [3.8, 4) is 0 Å². The Morgan fingerprint density at radius 2 is 1.77 bits per heavy atom. The summed E-state index contributed by atoms with van der Waals surface area (Å²) in [7, 11) is 0. The molecule has 6 heteroatoms. The molecule has 0 atom stereocenters. The molecule has 0 radical (unpaired) electrons. The molecule has 0 saturated carbocycles. The van der Waals surface area contributed by atoms with Gasteiger partial charge < -0.3 is 4.74 Å². The molecule has 134 valence electrons. The summed E-state index contributed by atoms with van der Waals surface area (Å²) in [5.41, 5.74) is 1.62. The Labute approximate surface area is 156 Å². The summed E-state index contributed by atoms with van der Waals surface area (Å²) < 4.78 is 19.3. The van der Waals surface area contributed by atoms with Gasteiger partial charge in [-0.25, -0.2) is 14.4 Å². The third-order valence-corrected chi connectivity index (χ3v) is 5.45. The molecule has 0 amide bonds. The van der Waals surface area contributed by atoms with Gasteiger partial charge in [0.1, 0.15) is 16.7 Å². The number of thioether (sulfide) groups is 1. The molecule has 3 aromatic rings. The Morgan fingerprint density at radius 1 is 1.00 bits per heavy atom. The Hall–Kier alpha value is -2.02. The van der Waals surface area contributed by atoms with E-state index in [0.717, 1.165) is 48.1 Å². The van der Waals surface area contributed by atoms with Crippen molar-refractivity contribution in [2.45, 2.75) is 17.3 Å². The lowest BCUT2D eigenvalue weighted by atomic mass is 10.2. The third kappa shape index (κ3) is 4.03. The molecule has 4 rings (SSSR count). The molecule has 1 aliphatic heterocycles. The van der Waals surface area contributed by atoms with Crippen LogP contribution in [0.4, 0.5) is 4.39 Å². The number of hydrogen-bond donors (Lipinski definition) is 0. The van der Waals surface area contributed by atoms with Crippen molar-refractivity contribution in [2.24, 2.45) is 0 Å². The molecule has 0 N–H and O–H groups in total. The maximum Gasteiger partial charge on any atom is 0.144 e. The number of fused-ring (bicyclic) bond motifs is 1. The highest BCUT2D eigenvalue weighted by atomic mass is 32.2. The van der Waals surface area contributed by atoms with E-state index in [1.54, 1.807) is 17.8 Å². The van der Waals surface area contributed by atoms with Crippen LogP contribution in [0.5, 0.6) is 0 Å². The Kier molecular flexibility index (Phi) is 5.43. The van der Waals surface area contributed by atoms with E-state index in [1.165, 1.54) is 6.07 Å². The van der Waals surface area contributed by atoms with Gasteiger partial charge in [-0.05, 0) is 17.7 Å². The molecule has 1 aliphatic rings. The quantitative estimate of drug-likeness (QED) is 0.504. The van der Waals surface area contributed by atoms with Crippen molar-refractivity contribution in [3.05, 3.63) is 65.7 Å². The number of halogens is 1. The first-order chi connectivity index (χ1) is 12.8. The average molecular weight is 369 g/mol. The maximum absolute atomic E-state index is 13.9. The van der Waals surface area contributed by atoms with E-state index >= 15 is 0 Å². The van der Waals surface area contributed by atoms with Crippen LogP contribution in [0.25, 0.3) is 10.9 Å². The lowest BCUT2D eigenvalue weighted by Crippen LogP contribution is -2.36. The van der Waals surface area contributed by atoms with Gasteiger partial charge in [0.15, 0.2) is 0 Å². The lowest BCUT2D eigenvalue weighted by Gasteiger charge is -2.25. The van der Waals surface area contributed by atoms with Gasteiger partial charge in [-0.2, -0.15) is 0 Å². The summed E-state index contributed by atoms with van der Waals surface area (Å²) >= 11 is 1.56. The second-order valence-corrected chi connectivity index (χ2v) is 7.19. The van der Waals surface area contributed by atoms with Crippen LogP contribution >= 0.6 is 11.8 Å². The number of hydrogen-bond acceptors (Lipinski definition) is 5. The summed E-state index contributed by atoms with van der Waals surface area (Å²) in [6.07, 6.45) is 0. The van der Waals surface area contributed by atoms with Gasteiger partial charge >= 0.3 is 0 Å². The number of nitrogens with zero attached hydrogens (tertiary/aromatic N) is 3. The van der Waals surface area contributed by atoms with E-state index in [1.807, 2.05) is 36.4 Å². The zero-order valence-electron chi connectivity index (χ0n) is 14.4. The summed E-state index contributed by atoms with van der Waals surface area (Å²) in [4.78, 5) is 11.8. The fourth-order valence-corrected chi connectivity index (χ4v) is 4.02. The van der Waals surface area contributed by atoms with Crippen LogP contribution in [0.2, 0.25) is 0 Å². The number of para-hydroxylation sites is 1. The maximum atomic E-state index is 13.9. The predicted molar refractivity (Wildman–Crippen MR) is 102 cm³/mol. The van der Waals surface area contributed by atoms with Crippen LogP contribution in [0.1, 0.15) is 11.4 Å². The van der Waals surface area contributed by atoms with Crippen molar-refractivity contribution in [1.29, 1.82) is 0 Å².